The minimum atomic E-state index is -1.03. The number of amides is 2. The van der Waals surface area contributed by atoms with Crippen molar-refractivity contribution in [1.82, 2.24) is 10.2 Å². The molecule has 0 fully saturated rings. The lowest BCUT2D eigenvalue weighted by atomic mass is 10.4. The predicted octanol–water partition coefficient (Wildman–Crippen LogP) is 0.529. The van der Waals surface area contributed by atoms with Crippen molar-refractivity contribution in [1.29, 1.82) is 0 Å². The highest BCUT2D eigenvalue weighted by Crippen LogP contribution is 1.87. The molecule has 0 aliphatic carbocycles. The third-order valence-electron chi connectivity index (χ3n) is 1.88. The normalized spacial score (nSPS) is 9.88. The molecule has 0 rings (SSSR count). The van der Waals surface area contributed by atoms with Crippen LogP contribution in [0.25, 0.3) is 0 Å². The summed E-state index contributed by atoms with van der Waals surface area (Å²) in [6.07, 6.45) is 2.08. The van der Waals surface area contributed by atoms with E-state index in [0.29, 0.717) is 19.8 Å². The van der Waals surface area contributed by atoms with Gasteiger partial charge in [0, 0.05) is 20.2 Å². The number of unbranched alkanes of at least 4 members (excludes halogenated alkanes) is 1. The Bertz CT molecular complexity index is 221. The predicted molar refractivity (Wildman–Crippen MR) is 59.4 cm³/mol. The van der Waals surface area contributed by atoms with Gasteiger partial charge < -0.3 is 20.1 Å². The summed E-state index contributed by atoms with van der Waals surface area (Å²) in [5.74, 6) is -1.03. The maximum atomic E-state index is 11.3. The first kappa shape index (κ1) is 14.7. The van der Waals surface area contributed by atoms with Crippen molar-refractivity contribution in [3.05, 3.63) is 0 Å². The smallest absolute Gasteiger partial charge is 0.323 e. The van der Waals surface area contributed by atoms with Gasteiger partial charge in [-0.05, 0) is 6.42 Å². The zero-order valence-electron chi connectivity index (χ0n) is 9.86. The van der Waals surface area contributed by atoms with E-state index in [0.717, 1.165) is 17.7 Å². The molecule has 16 heavy (non-hydrogen) atoms. The summed E-state index contributed by atoms with van der Waals surface area (Å²) in [7, 11) is 1.43. The number of aliphatic carboxylic acids is 1. The molecule has 0 aliphatic rings. The van der Waals surface area contributed by atoms with Gasteiger partial charge >= 0.3 is 12.0 Å². The summed E-state index contributed by atoms with van der Waals surface area (Å²) < 4.78 is 5.24. The topological polar surface area (TPSA) is 78.9 Å². The van der Waals surface area contributed by atoms with E-state index in [-0.39, 0.29) is 6.54 Å². The Balaban J connectivity index is 3.46. The molecule has 6 nitrogen and oxygen atoms in total. The molecule has 6 heteroatoms. The summed E-state index contributed by atoms with van der Waals surface area (Å²) in [6, 6.07) is -0.401. The zero-order valence-corrected chi connectivity index (χ0v) is 9.86. The molecule has 0 saturated carbocycles. The number of likely N-dealkylation sites (N-methyl/N-ethyl adjacent to an activating group) is 1. The van der Waals surface area contributed by atoms with E-state index in [9.17, 15) is 9.59 Å². The van der Waals surface area contributed by atoms with Crippen molar-refractivity contribution >= 4 is 12.0 Å². The van der Waals surface area contributed by atoms with Gasteiger partial charge in [-0.15, -0.1) is 0 Å². The number of nitrogens with one attached hydrogen (secondary N) is 1. The molecule has 0 radical (unpaired) electrons. The number of carbonyl (C=O) groups is 2. The second-order valence-electron chi connectivity index (χ2n) is 3.45. The van der Waals surface area contributed by atoms with Crippen molar-refractivity contribution in [3.63, 3.8) is 0 Å². The zero-order chi connectivity index (χ0) is 12.4. The van der Waals surface area contributed by atoms with E-state index in [2.05, 4.69) is 12.2 Å². The Morgan fingerprint density at radius 3 is 2.62 bits per heavy atom. The van der Waals surface area contributed by atoms with Crippen LogP contribution < -0.4 is 5.32 Å². The molecule has 0 aromatic carbocycles. The van der Waals surface area contributed by atoms with Crippen LogP contribution in [0.4, 0.5) is 4.79 Å². The average Bonchev–Trinajstić information content (AvgIpc) is 2.21. The highest BCUT2D eigenvalue weighted by atomic mass is 16.5. The second-order valence-corrected chi connectivity index (χ2v) is 3.45. The average molecular weight is 232 g/mol. The van der Waals surface area contributed by atoms with Crippen LogP contribution in [0.3, 0.4) is 0 Å². The number of rotatable bonds is 8. The molecule has 0 unspecified atom stereocenters. The molecule has 0 heterocycles. The fraction of sp³-hybridized carbons (Fsp3) is 0.800. The third-order valence-corrected chi connectivity index (χ3v) is 1.88. The van der Waals surface area contributed by atoms with Crippen LogP contribution in [0.5, 0.6) is 0 Å². The Hall–Kier alpha value is -1.30. The van der Waals surface area contributed by atoms with Crippen molar-refractivity contribution in [2.45, 2.75) is 19.8 Å². The minimum absolute atomic E-state index is 0.303. The van der Waals surface area contributed by atoms with Crippen molar-refractivity contribution < 1.29 is 19.4 Å². The van der Waals surface area contributed by atoms with Crippen molar-refractivity contribution in [3.8, 4) is 0 Å². The molecule has 0 spiro atoms. The number of ether oxygens (including phenoxy) is 1. The van der Waals surface area contributed by atoms with Gasteiger partial charge in [-0.25, -0.2) is 4.79 Å². The van der Waals surface area contributed by atoms with Gasteiger partial charge in [0.1, 0.15) is 6.54 Å². The Morgan fingerprint density at radius 2 is 2.06 bits per heavy atom. The number of nitrogens with zero attached hydrogens (tertiary/aromatic N) is 1. The van der Waals surface area contributed by atoms with Crippen LogP contribution in [0, 0.1) is 0 Å². The molecule has 0 aromatic rings. The first-order valence-electron chi connectivity index (χ1n) is 5.36. The molecule has 0 atom stereocenters. The molecule has 0 aliphatic heterocycles. The monoisotopic (exact) mass is 232 g/mol. The maximum Gasteiger partial charge on any atom is 0.323 e. The lowest BCUT2D eigenvalue weighted by molar-refractivity contribution is -0.137. The van der Waals surface area contributed by atoms with Gasteiger partial charge in [0.05, 0.1) is 6.61 Å². The molecule has 0 aromatic heterocycles. The van der Waals surface area contributed by atoms with Crippen LogP contribution in [-0.4, -0.2) is 55.4 Å². The van der Waals surface area contributed by atoms with Gasteiger partial charge in [0.2, 0.25) is 0 Å². The molecular weight excluding hydrogens is 212 g/mol. The summed E-state index contributed by atoms with van der Waals surface area (Å²) in [5.41, 5.74) is 0. The molecule has 2 N–H and O–H groups in total. The number of hydrogen-bond acceptors (Lipinski definition) is 3. The molecule has 0 bridgehead atoms. The first-order chi connectivity index (χ1) is 7.57. The standard InChI is InChI=1S/C10H20N2O4/c1-3-4-6-16-7-5-11-10(15)12(2)8-9(13)14/h3-8H2,1-2H3,(H,11,15)(H,13,14). The number of carboxylic acid groups (broad SMARTS) is 1. The van der Waals surface area contributed by atoms with Crippen LogP contribution in [0.15, 0.2) is 0 Å². The van der Waals surface area contributed by atoms with E-state index >= 15 is 0 Å². The minimum Gasteiger partial charge on any atom is -0.480 e. The quantitative estimate of drug-likeness (QED) is 0.598. The van der Waals surface area contributed by atoms with E-state index in [4.69, 9.17) is 9.84 Å². The fourth-order valence-corrected chi connectivity index (χ4v) is 0.988. The molecular formula is C10H20N2O4. The molecule has 94 valence electrons. The summed E-state index contributed by atoms with van der Waals surface area (Å²) in [5, 5.41) is 11.0. The van der Waals surface area contributed by atoms with Crippen LogP contribution in [0.1, 0.15) is 19.8 Å². The van der Waals surface area contributed by atoms with Gasteiger partial charge in [-0.3, -0.25) is 4.79 Å². The number of urea groups is 1. The van der Waals surface area contributed by atoms with Crippen LogP contribution in [-0.2, 0) is 9.53 Å². The highest BCUT2D eigenvalue weighted by Gasteiger charge is 2.10. The Labute approximate surface area is 95.6 Å². The first-order valence-corrected chi connectivity index (χ1v) is 5.36. The van der Waals surface area contributed by atoms with Crippen LogP contribution >= 0.6 is 0 Å². The number of carbonyl (C=O) groups excluding carboxylic acids is 1. The SMILES string of the molecule is CCCCOCCNC(=O)N(C)CC(=O)O. The van der Waals surface area contributed by atoms with Crippen molar-refractivity contribution in [2.24, 2.45) is 0 Å². The Kier molecular flexibility index (Phi) is 8.24. The van der Waals surface area contributed by atoms with Gasteiger partial charge in [-0.1, -0.05) is 13.3 Å². The summed E-state index contributed by atoms with van der Waals surface area (Å²) in [4.78, 5) is 22.7. The fourth-order valence-electron chi connectivity index (χ4n) is 0.988. The highest BCUT2D eigenvalue weighted by molar-refractivity contribution is 5.79. The lowest BCUT2D eigenvalue weighted by Crippen LogP contribution is -2.41. The van der Waals surface area contributed by atoms with E-state index in [1.54, 1.807) is 0 Å². The largest absolute Gasteiger partial charge is 0.480 e. The number of carboxylic acids is 1. The van der Waals surface area contributed by atoms with E-state index in [1.807, 2.05) is 0 Å². The lowest BCUT2D eigenvalue weighted by Gasteiger charge is -2.15. The Morgan fingerprint density at radius 1 is 1.38 bits per heavy atom. The summed E-state index contributed by atoms with van der Waals surface area (Å²) >= 11 is 0. The molecule has 2 amide bonds. The van der Waals surface area contributed by atoms with Crippen LogP contribution in [0.2, 0.25) is 0 Å². The molecule has 0 saturated heterocycles. The van der Waals surface area contributed by atoms with Gasteiger partial charge in [-0.2, -0.15) is 0 Å². The van der Waals surface area contributed by atoms with Crippen molar-refractivity contribution in [2.75, 3.05) is 33.4 Å². The second kappa shape index (κ2) is 8.96. The van der Waals surface area contributed by atoms with E-state index in [1.165, 1.54) is 7.05 Å². The maximum absolute atomic E-state index is 11.3. The van der Waals surface area contributed by atoms with Gasteiger partial charge in [0.15, 0.2) is 0 Å². The van der Waals surface area contributed by atoms with E-state index < -0.39 is 12.0 Å². The summed E-state index contributed by atoms with van der Waals surface area (Å²) in [6.45, 7) is 3.31. The number of hydrogen-bond donors (Lipinski definition) is 2. The van der Waals surface area contributed by atoms with Gasteiger partial charge in [0.25, 0.3) is 0 Å². The third kappa shape index (κ3) is 8.05.